The maximum atomic E-state index is 11.6. The van der Waals surface area contributed by atoms with Crippen LogP contribution in [-0.2, 0) is 9.47 Å². The van der Waals surface area contributed by atoms with Crippen molar-refractivity contribution < 1.29 is 23.9 Å². The second-order valence-corrected chi connectivity index (χ2v) is 10.6. The first-order chi connectivity index (χ1) is 16.1. The summed E-state index contributed by atoms with van der Waals surface area (Å²) in [4.78, 5) is 41.6. The minimum atomic E-state index is -0.524. The van der Waals surface area contributed by atoms with Crippen LogP contribution in [-0.4, -0.2) is 39.6 Å². The highest BCUT2D eigenvalue weighted by molar-refractivity contribution is 9.10. The summed E-state index contributed by atoms with van der Waals surface area (Å²) in [5.41, 5.74) is 1.10. The van der Waals surface area contributed by atoms with Crippen LogP contribution < -0.4 is 10.6 Å². The molecule has 0 unspecified atom stereocenters. The fraction of sp³-hybridized carbons (Fsp3) is 0.480. The Hall–Kier alpha value is -3.01. The van der Waals surface area contributed by atoms with Gasteiger partial charge in [0.05, 0.1) is 12.1 Å². The molecule has 0 aliphatic rings. The molecular formula is C25H35BrN4O5. The van der Waals surface area contributed by atoms with Crippen molar-refractivity contribution in [3.8, 4) is 0 Å². The van der Waals surface area contributed by atoms with Gasteiger partial charge in [0.25, 0.3) is 0 Å². The lowest BCUT2D eigenvalue weighted by molar-refractivity contribution is 0.0496. The van der Waals surface area contributed by atoms with Crippen LogP contribution in [0.1, 0.15) is 89.1 Å². The molecule has 2 heterocycles. The molecule has 0 aliphatic heterocycles. The van der Waals surface area contributed by atoms with E-state index in [-0.39, 0.29) is 12.1 Å². The van der Waals surface area contributed by atoms with E-state index in [9.17, 15) is 14.4 Å². The number of hydrogen-bond donors (Lipinski definition) is 2. The van der Waals surface area contributed by atoms with Gasteiger partial charge in [-0.3, -0.25) is 9.78 Å². The van der Waals surface area contributed by atoms with Crippen LogP contribution in [0.15, 0.2) is 41.3 Å². The topological polar surface area (TPSA) is 120 Å². The molecule has 0 radical (unpaired) electrons. The first-order valence-corrected chi connectivity index (χ1v) is 11.9. The number of pyridine rings is 2. The van der Waals surface area contributed by atoms with Crippen LogP contribution in [0.25, 0.3) is 0 Å². The van der Waals surface area contributed by atoms with Crippen molar-refractivity contribution in [2.75, 3.05) is 0 Å². The SMILES string of the molecule is C[C@H](NC(=O)OC(C)(C)C)c1ccc(Br)nc1.C[C@H](NC(=O)OC(C)(C)C)c1ccc(C=O)nc1. The standard InChI is InChI=1S/C13H18N2O3.C12H17BrN2O2/c1-9(15-12(17)18-13(2,3)4)10-5-6-11(8-16)14-7-10;1-8(9-5-6-10(13)14-7-9)15-11(16)17-12(2,3)4/h5-9H,1-4H3,(H,15,17);5-8H,1-4H3,(H,15,16)/t9-;8-/m00/s1. The molecule has 2 atom stereocenters. The number of carbonyl (C=O) groups is 3. The van der Waals surface area contributed by atoms with Crippen molar-refractivity contribution >= 4 is 34.4 Å². The number of aromatic nitrogens is 2. The molecule has 0 aromatic carbocycles. The minimum absolute atomic E-state index is 0.134. The summed E-state index contributed by atoms with van der Waals surface area (Å²) in [6.07, 6.45) is 3.05. The highest BCUT2D eigenvalue weighted by atomic mass is 79.9. The fourth-order valence-corrected chi connectivity index (χ4v) is 2.76. The summed E-state index contributed by atoms with van der Waals surface area (Å²) in [5, 5.41) is 5.46. The Bertz CT molecular complexity index is 967. The molecular weight excluding hydrogens is 516 g/mol. The third-order valence-corrected chi connectivity index (χ3v) is 4.62. The normalized spacial score (nSPS) is 12.8. The van der Waals surface area contributed by atoms with Gasteiger partial charge in [-0.05, 0) is 94.6 Å². The van der Waals surface area contributed by atoms with Gasteiger partial charge in [0.1, 0.15) is 21.5 Å². The van der Waals surface area contributed by atoms with Crippen molar-refractivity contribution in [2.24, 2.45) is 0 Å². The van der Waals surface area contributed by atoms with Crippen LogP contribution in [0.4, 0.5) is 9.59 Å². The first-order valence-electron chi connectivity index (χ1n) is 11.1. The quantitative estimate of drug-likeness (QED) is 0.350. The molecule has 0 spiro atoms. The average molecular weight is 551 g/mol. The van der Waals surface area contributed by atoms with E-state index in [4.69, 9.17) is 9.47 Å². The first kappa shape index (κ1) is 30.0. The summed E-state index contributed by atoms with van der Waals surface area (Å²) < 4.78 is 11.1. The fourth-order valence-electron chi connectivity index (χ4n) is 2.52. The van der Waals surface area contributed by atoms with Crippen molar-refractivity contribution in [3.05, 3.63) is 58.1 Å². The van der Waals surface area contributed by atoms with Gasteiger partial charge in [-0.1, -0.05) is 12.1 Å². The van der Waals surface area contributed by atoms with Gasteiger partial charge in [0, 0.05) is 12.4 Å². The monoisotopic (exact) mass is 550 g/mol. The Morgan fingerprint density at radius 2 is 1.26 bits per heavy atom. The number of halogens is 1. The number of rotatable bonds is 5. The van der Waals surface area contributed by atoms with Crippen LogP contribution in [0.2, 0.25) is 0 Å². The molecule has 35 heavy (non-hydrogen) atoms. The minimum Gasteiger partial charge on any atom is -0.444 e. The molecule has 9 nitrogen and oxygen atoms in total. The van der Waals surface area contributed by atoms with Gasteiger partial charge in [-0.15, -0.1) is 0 Å². The number of amides is 2. The molecule has 2 N–H and O–H groups in total. The van der Waals surface area contributed by atoms with E-state index in [2.05, 4.69) is 36.5 Å². The number of alkyl carbamates (subject to hydrolysis) is 2. The Morgan fingerprint density at radius 1 is 0.829 bits per heavy atom. The Labute approximate surface area is 215 Å². The van der Waals surface area contributed by atoms with Gasteiger partial charge in [-0.25, -0.2) is 14.6 Å². The Kier molecular flexibility index (Phi) is 11.3. The van der Waals surface area contributed by atoms with E-state index < -0.39 is 23.4 Å². The number of hydrogen-bond acceptors (Lipinski definition) is 7. The van der Waals surface area contributed by atoms with Crippen molar-refractivity contribution in [3.63, 3.8) is 0 Å². The third kappa shape index (κ3) is 12.9. The predicted octanol–water partition coefficient (Wildman–Crippen LogP) is 5.91. The van der Waals surface area contributed by atoms with Crippen molar-refractivity contribution in [1.29, 1.82) is 0 Å². The molecule has 0 saturated heterocycles. The zero-order chi connectivity index (χ0) is 26.8. The summed E-state index contributed by atoms with van der Waals surface area (Å²) in [5.74, 6) is 0. The largest absolute Gasteiger partial charge is 0.444 e. The molecule has 0 aliphatic carbocycles. The summed E-state index contributed by atoms with van der Waals surface area (Å²) >= 11 is 3.26. The summed E-state index contributed by atoms with van der Waals surface area (Å²) in [7, 11) is 0. The van der Waals surface area contributed by atoms with Crippen molar-refractivity contribution in [1.82, 2.24) is 20.6 Å². The van der Waals surface area contributed by atoms with Gasteiger partial charge in [0.2, 0.25) is 0 Å². The van der Waals surface area contributed by atoms with Gasteiger partial charge >= 0.3 is 12.2 Å². The van der Waals surface area contributed by atoms with Gasteiger partial charge in [0.15, 0.2) is 6.29 Å². The summed E-state index contributed by atoms with van der Waals surface area (Å²) in [6, 6.07) is 6.73. The van der Waals surface area contributed by atoms with Gasteiger partial charge in [-0.2, -0.15) is 0 Å². The number of nitrogens with zero attached hydrogens (tertiary/aromatic N) is 2. The molecule has 2 aromatic heterocycles. The number of aldehydes is 1. The number of carbonyl (C=O) groups excluding carboxylic acids is 3. The second kappa shape index (κ2) is 13.2. The van der Waals surface area contributed by atoms with E-state index in [0.717, 1.165) is 15.7 Å². The lowest BCUT2D eigenvalue weighted by atomic mass is 10.1. The Morgan fingerprint density at radius 3 is 1.57 bits per heavy atom. The lowest BCUT2D eigenvalue weighted by Gasteiger charge is -2.22. The lowest BCUT2D eigenvalue weighted by Crippen LogP contribution is -2.34. The van der Waals surface area contributed by atoms with E-state index >= 15 is 0 Å². The smallest absolute Gasteiger partial charge is 0.408 e. The van der Waals surface area contributed by atoms with E-state index in [1.165, 1.54) is 0 Å². The maximum Gasteiger partial charge on any atom is 0.408 e. The zero-order valence-corrected chi connectivity index (χ0v) is 23.1. The molecule has 2 amide bonds. The highest BCUT2D eigenvalue weighted by Gasteiger charge is 2.19. The maximum absolute atomic E-state index is 11.6. The molecule has 192 valence electrons. The highest BCUT2D eigenvalue weighted by Crippen LogP contribution is 2.15. The Balaban J connectivity index is 0.000000351. The zero-order valence-electron chi connectivity index (χ0n) is 21.5. The third-order valence-electron chi connectivity index (χ3n) is 4.15. The van der Waals surface area contributed by atoms with Crippen LogP contribution in [0.5, 0.6) is 0 Å². The second-order valence-electron chi connectivity index (χ2n) is 9.78. The van der Waals surface area contributed by atoms with E-state index in [1.807, 2.05) is 46.8 Å². The number of nitrogens with one attached hydrogen (secondary N) is 2. The molecule has 2 aromatic rings. The van der Waals surface area contributed by atoms with E-state index in [1.54, 1.807) is 45.3 Å². The van der Waals surface area contributed by atoms with Crippen LogP contribution in [0, 0.1) is 0 Å². The molecule has 0 saturated carbocycles. The molecule has 10 heteroatoms. The van der Waals surface area contributed by atoms with Crippen LogP contribution >= 0.6 is 15.9 Å². The van der Waals surface area contributed by atoms with E-state index in [0.29, 0.717) is 12.0 Å². The molecule has 0 bridgehead atoms. The van der Waals surface area contributed by atoms with Crippen LogP contribution in [0.3, 0.4) is 0 Å². The summed E-state index contributed by atoms with van der Waals surface area (Å²) in [6.45, 7) is 14.6. The number of ether oxygens (including phenoxy) is 2. The van der Waals surface area contributed by atoms with Crippen molar-refractivity contribution in [2.45, 2.75) is 78.7 Å². The molecule has 0 fully saturated rings. The molecule has 2 rings (SSSR count). The predicted molar refractivity (Wildman–Crippen MR) is 137 cm³/mol. The average Bonchev–Trinajstić information content (AvgIpc) is 2.71. The van der Waals surface area contributed by atoms with Gasteiger partial charge < -0.3 is 20.1 Å².